The van der Waals surface area contributed by atoms with Crippen LogP contribution in [0.5, 0.6) is 0 Å². The molecular weight excluding hydrogens is 240 g/mol. The third-order valence-electron chi connectivity index (χ3n) is 3.96. The van der Waals surface area contributed by atoms with Gasteiger partial charge < -0.3 is 15.1 Å². The van der Waals surface area contributed by atoms with Gasteiger partial charge in [-0.1, -0.05) is 26.7 Å². The van der Waals surface area contributed by atoms with Crippen molar-refractivity contribution in [2.75, 3.05) is 0 Å². The summed E-state index contributed by atoms with van der Waals surface area (Å²) in [5.74, 6) is 1.04. The molecule has 1 fully saturated rings. The van der Waals surface area contributed by atoms with Crippen molar-refractivity contribution in [1.82, 2.24) is 4.90 Å². The number of nitrogens with two attached hydrogens (primary N) is 1. The number of rotatable bonds is 5. The van der Waals surface area contributed by atoms with Crippen molar-refractivity contribution in [3.63, 3.8) is 0 Å². The Bertz CT molecular complexity index is 394. The summed E-state index contributed by atoms with van der Waals surface area (Å²) >= 11 is 0. The van der Waals surface area contributed by atoms with Crippen molar-refractivity contribution in [2.24, 2.45) is 11.7 Å². The van der Waals surface area contributed by atoms with Gasteiger partial charge in [-0.2, -0.15) is 0 Å². The minimum absolute atomic E-state index is 0.0540. The first-order chi connectivity index (χ1) is 9.09. The Morgan fingerprint density at radius 2 is 2.16 bits per heavy atom. The molecule has 4 heteroatoms. The lowest BCUT2D eigenvalue weighted by molar-refractivity contribution is -0.136. The first-order valence-electron chi connectivity index (χ1n) is 7.18. The Hall–Kier alpha value is -1.29. The number of furan rings is 1. The van der Waals surface area contributed by atoms with Crippen LogP contribution in [-0.4, -0.2) is 22.9 Å². The van der Waals surface area contributed by atoms with E-state index in [0.717, 1.165) is 18.6 Å². The van der Waals surface area contributed by atoms with E-state index in [9.17, 15) is 4.79 Å². The Kier molecular flexibility index (Phi) is 4.64. The minimum atomic E-state index is -0.421. The fraction of sp³-hybridized carbons (Fsp3) is 0.667. The smallest absolute Gasteiger partial charge is 0.240 e. The van der Waals surface area contributed by atoms with Gasteiger partial charge in [-0.05, 0) is 30.9 Å². The maximum Gasteiger partial charge on any atom is 0.240 e. The van der Waals surface area contributed by atoms with E-state index in [2.05, 4.69) is 0 Å². The van der Waals surface area contributed by atoms with Gasteiger partial charge in [-0.15, -0.1) is 0 Å². The average molecular weight is 264 g/mol. The maximum atomic E-state index is 12.6. The van der Waals surface area contributed by atoms with Crippen LogP contribution in [0.3, 0.4) is 0 Å². The van der Waals surface area contributed by atoms with Crippen LogP contribution in [0.2, 0.25) is 0 Å². The molecule has 19 heavy (non-hydrogen) atoms. The first-order valence-corrected chi connectivity index (χ1v) is 7.18. The standard InChI is InChI=1S/C15H24N2O2/c1-11(2)14(16)15(18)17(12-6-3-4-7-12)10-13-8-5-9-19-13/h5,8-9,11-12,14H,3-4,6-7,10,16H2,1-2H3/t14-/m1/s1. The molecule has 1 aromatic heterocycles. The van der Waals surface area contributed by atoms with Crippen molar-refractivity contribution in [1.29, 1.82) is 0 Å². The Balaban J connectivity index is 2.11. The van der Waals surface area contributed by atoms with E-state index in [-0.39, 0.29) is 11.8 Å². The first kappa shape index (κ1) is 14.1. The molecule has 2 N–H and O–H groups in total. The van der Waals surface area contributed by atoms with Crippen LogP contribution >= 0.6 is 0 Å². The highest BCUT2D eigenvalue weighted by Crippen LogP contribution is 2.26. The van der Waals surface area contributed by atoms with Gasteiger partial charge in [-0.3, -0.25) is 4.79 Å². The van der Waals surface area contributed by atoms with Gasteiger partial charge in [0.1, 0.15) is 5.76 Å². The fourth-order valence-corrected chi connectivity index (χ4v) is 2.65. The number of hydrogen-bond acceptors (Lipinski definition) is 3. The van der Waals surface area contributed by atoms with Crippen molar-refractivity contribution in [3.05, 3.63) is 24.2 Å². The lowest BCUT2D eigenvalue weighted by Crippen LogP contribution is -2.49. The highest BCUT2D eigenvalue weighted by Gasteiger charge is 2.31. The van der Waals surface area contributed by atoms with Crippen LogP contribution in [0.1, 0.15) is 45.3 Å². The van der Waals surface area contributed by atoms with Gasteiger partial charge in [0.05, 0.1) is 18.8 Å². The van der Waals surface area contributed by atoms with E-state index < -0.39 is 6.04 Å². The molecule has 1 atom stereocenters. The Morgan fingerprint density at radius 1 is 1.47 bits per heavy atom. The molecule has 0 unspecified atom stereocenters. The molecule has 0 aromatic carbocycles. The number of carbonyl (C=O) groups is 1. The van der Waals surface area contributed by atoms with Crippen LogP contribution in [-0.2, 0) is 11.3 Å². The van der Waals surface area contributed by atoms with E-state index in [1.807, 2.05) is 30.9 Å². The highest BCUT2D eigenvalue weighted by molar-refractivity contribution is 5.82. The van der Waals surface area contributed by atoms with E-state index in [1.54, 1.807) is 6.26 Å². The van der Waals surface area contributed by atoms with Gasteiger partial charge in [0, 0.05) is 6.04 Å². The van der Waals surface area contributed by atoms with Crippen molar-refractivity contribution in [2.45, 2.75) is 58.2 Å². The molecule has 1 aliphatic carbocycles. The van der Waals surface area contributed by atoms with Crippen LogP contribution in [0.25, 0.3) is 0 Å². The predicted octanol–water partition coefficient (Wildman–Crippen LogP) is 2.53. The molecule has 1 amide bonds. The Labute approximate surface area is 114 Å². The normalized spacial score (nSPS) is 17.9. The molecule has 0 saturated heterocycles. The summed E-state index contributed by atoms with van der Waals surface area (Å²) in [6, 6.07) is 3.67. The SMILES string of the molecule is CC(C)[C@@H](N)C(=O)N(Cc1ccco1)C1CCCC1. The van der Waals surface area contributed by atoms with Crippen LogP contribution in [0.15, 0.2) is 22.8 Å². The molecule has 1 aliphatic rings. The molecule has 0 spiro atoms. The third-order valence-corrected chi connectivity index (χ3v) is 3.96. The van der Waals surface area contributed by atoms with Gasteiger partial charge in [0.15, 0.2) is 0 Å². The van der Waals surface area contributed by atoms with E-state index in [1.165, 1.54) is 12.8 Å². The molecule has 1 saturated carbocycles. The summed E-state index contributed by atoms with van der Waals surface area (Å²) in [5.41, 5.74) is 6.04. The second-order valence-corrected chi connectivity index (χ2v) is 5.75. The molecule has 106 valence electrons. The summed E-state index contributed by atoms with van der Waals surface area (Å²) in [7, 11) is 0. The Morgan fingerprint density at radius 3 is 2.68 bits per heavy atom. The molecule has 1 heterocycles. The second-order valence-electron chi connectivity index (χ2n) is 5.75. The number of nitrogens with zero attached hydrogens (tertiary/aromatic N) is 1. The number of carbonyl (C=O) groups excluding carboxylic acids is 1. The monoisotopic (exact) mass is 264 g/mol. The number of hydrogen-bond donors (Lipinski definition) is 1. The summed E-state index contributed by atoms with van der Waals surface area (Å²) in [5, 5.41) is 0. The van der Waals surface area contributed by atoms with Crippen molar-refractivity contribution >= 4 is 5.91 Å². The molecule has 0 aliphatic heterocycles. The lowest BCUT2D eigenvalue weighted by Gasteiger charge is -2.31. The zero-order valence-corrected chi connectivity index (χ0v) is 11.8. The van der Waals surface area contributed by atoms with E-state index in [4.69, 9.17) is 10.2 Å². The molecule has 2 rings (SSSR count). The zero-order chi connectivity index (χ0) is 13.8. The summed E-state index contributed by atoms with van der Waals surface area (Å²) < 4.78 is 5.38. The topological polar surface area (TPSA) is 59.5 Å². The fourth-order valence-electron chi connectivity index (χ4n) is 2.65. The van der Waals surface area contributed by atoms with Crippen LogP contribution < -0.4 is 5.73 Å². The quantitative estimate of drug-likeness (QED) is 0.889. The van der Waals surface area contributed by atoms with Crippen LogP contribution in [0.4, 0.5) is 0 Å². The predicted molar refractivity (Wildman–Crippen MR) is 74.3 cm³/mol. The number of amides is 1. The molecule has 0 radical (unpaired) electrons. The average Bonchev–Trinajstić information content (AvgIpc) is 3.06. The van der Waals surface area contributed by atoms with Crippen LogP contribution in [0, 0.1) is 5.92 Å². The zero-order valence-electron chi connectivity index (χ0n) is 11.8. The molecular formula is C15H24N2O2. The van der Waals surface area contributed by atoms with Gasteiger partial charge in [0.25, 0.3) is 0 Å². The second kappa shape index (κ2) is 6.24. The molecule has 1 aromatic rings. The largest absolute Gasteiger partial charge is 0.467 e. The third kappa shape index (κ3) is 3.38. The van der Waals surface area contributed by atoms with Crippen molar-refractivity contribution in [3.8, 4) is 0 Å². The lowest BCUT2D eigenvalue weighted by atomic mass is 10.0. The summed E-state index contributed by atoms with van der Waals surface area (Å²) in [4.78, 5) is 14.5. The molecule has 0 bridgehead atoms. The molecule has 4 nitrogen and oxygen atoms in total. The summed E-state index contributed by atoms with van der Waals surface area (Å²) in [6.45, 7) is 4.52. The van der Waals surface area contributed by atoms with E-state index >= 15 is 0 Å². The van der Waals surface area contributed by atoms with Gasteiger partial charge in [0.2, 0.25) is 5.91 Å². The van der Waals surface area contributed by atoms with Crippen molar-refractivity contribution < 1.29 is 9.21 Å². The van der Waals surface area contributed by atoms with Gasteiger partial charge in [-0.25, -0.2) is 0 Å². The summed E-state index contributed by atoms with van der Waals surface area (Å²) in [6.07, 6.45) is 6.20. The highest BCUT2D eigenvalue weighted by atomic mass is 16.3. The van der Waals surface area contributed by atoms with Gasteiger partial charge >= 0.3 is 0 Å². The minimum Gasteiger partial charge on any atom is -0.467 e. The van der Waals surface area contributed by atoms with E-state index in [0.29, 0.717) is 12.6 Å². The maximum absolute atomic E-state index is 12.6.